The molecule has 0 aliphatic carbocycles. The predicted octanol–water partition coefficient (Wildman–Crippen LogP) is 1.000. The Balaban J connectivity index is 1.47. The zero-order valence-corrected chi connectivity index (χ0v) is 12.9. The highest BCUT2D eigenvalue weighted by atomic mass is 16.5. The largest absolute Gasteiger partial charge is 0.492 e. The summed E-state index contributed by atoms with van der Waals surface area (Å²) in [5.41, 5.74) is 8.41. The average molecular weight is 313 g/mol. The Labute approximate surface area is 136 Å². The fraction of sp³-hybridized carbons (Fsp3) is 0.294. The number of nitrogens with two attached hydrogens (primary N) is 1. The smallest absolute Gasteiger partial charge is 0.491 e. The van der Waals surface area contributed by atoms with Crippen molar-refractivity contribution in [2.24, 2.45) is 5.73 Å². The molecule has 1 atom stereocenters. The summed E-state index contributed by atoms with van der Waals surface area (Å²) in [6.45, 7) is 1.86. The monoisotopic (exact) mass is 313 g/mol. The van der Waals surface area contributed by atoms with E-state index in [1.54, 1.807) is 6.07 Å². The molecule has 0 radical (unpaired) electrons. The van der Waals surface area contributed by atoms with Crippen LogP contribution in [0.4, 0.5) is 0 Å². The van der Waals surface area contributed by atoms with Crippen molar-refractivity contribution in [3.8, 4) is 5.75 Å². The highest BCUT2D eigenvalue weighted by molar-refractivity contribution is 6.61. The molecule has 3 rings (SSSR count). The minimum Gasteiger partial charge on any atom is -0.491 e. The molecule has 1 aliphatic rings. The van der Waals surface area contributed by atoms with Crippen LogP contribution in [0, 0.1) is 0 Å². The minimum absolute atomic E-state index is 0.247. The highest BCUT2D eigenvalue weighted by Gasteiger charge is 2.34. The SMILES string of the molecule is NCC1OB(O)c2cc(OCCOCc3ccccc3)ccc21. The Bertz CT molecular complexity index is 638. The number of fused-ring (bicyclic) bond motifs is 1. The van der Waals surface area contributed by atoms with Crippen molar-refractivity contribution in [2.75, 3.05) is 19.8 Å². The van der Waals surface area contributed by atoms with E-state index < -0.39 is 7.12 Å². The molecule has 1 aliphatic heterocycles. The first kappa shape index (κ1) is 16.0. The van der Waals surface area contributed by atoms with E-state index in [-0.39, 0.29) is 6.10 Å². The molecule has 23 heavy (non-hydrogen) atoms. The van der Waals surface area contributed by atoms with Crippen molar-refractivity contribution in [1.82, 2.24) is 0 Å². The molecule has 0 aromatic heterocycles. The van der Waals surface area contributed by atoms with Gasteiger partial charge in [-0.2, -0.15) is 0 Å². The molecular formula is C17H20BNO4. The van der Waals surface area contributed by atoms with Crippen molar-refractivity contribution < 1.29 is 19.2 Å². The van der Waals surface area contributed by atoms with Gasteiger partial charge in [0.1, 0.15) is 12.4 Å². The van der Waals surface area contributed by atoms with Gasteiger partial charge < -0.3 is 24.9 Å². The molecule has 1 unspecified atom stereocenters. The summed E-state index contributed by atoms with van der Waals surface area (Å²) in [4.78, 5) is 0. The van der Waals surface area contributed by atoms with Crippen LogP contribution >= 0.6 is 0 Å². The first-order valence-electron chi connectivity index (χ1n) is 7.70. The molecule has 0 saturated carbocycles. The quantitative estimate of drug-likeness (QED) is 0.589. The maximum absolute atomic E-state index is 9.88. The van der Waals surface area contributed by atoms with Gasteiger partial charge in [-0.05, 0) is 28.7 Å². The van der Waals surface area contributed by atoms with Crippen LogP contribution in [0.3, 0.4) is 0 Å². The van der Waals surface area contributed by atoms with E-state index in [1.807, 2.05) is 42.5 Å². The Morgan fingerprint density at radius 1 is 1.13 bits per heavy atom. The lowest BCUT2D eigenvalue weighted by Gasteiger charge is -2.10. The topological polar surface area (TPSA) is 73.9 Å². The summed E-state index contributed by atoms with van der Waals surface area (Å²) in [7, 11) is -0.934. The zero-order valence-electron chi connectivity index (χ0n) is 12.9. The molecule has 0 amide bonds. The summed E-state index contributed by atoms with van der Waals surface area (Å²) >= 11 is 0. The average Bonchev–Trinajstić information content (AvgIpc) is 2.91. The van der Waals surface area contributed by atoms with Crippen molar-refractivity contribution in [1.29, 1.82) is 0 Å². The normalized spacial score (nSPS) is 16.4. The highest BCUT2D eigenvalue weighted by Crippen LogP contribution is 2.24. The number of hydrogen-bond acceptors (Lipinski definition) is 5. The van der Waals surface area contributed by atoms with Crippen molar-refractivity contribution in [3.63, 3.8) is 0 Å². The molecule has 0 bridgehead atoms. The summed E-state index contributed by atoms with van der Waals surface area (Å²) in [5.74, 6) is 0.687. The molecule has 3 N–H and O–H groups in total. The fourth-order valence-electron chi connectivity index (χ4n) is 2.62. The van der Waals surface area contributed by atoms with E-state index in [0.29, 0.717) is 32.1 Å². The van der Waals surface area contributed by atoms with Gasteiger partial charge in [-0.1, -0.05) is 36.4 Å². The van der Waals surface area contributed by atoms with Crippen molar-refractivity contribution >= 4 is 12.6 Å². The third-order valence-electron chi connectivity index (χ3n) is 3.79. The van der Waals surface area contributed by atoms with E-state index in [1.165, 1.54) is 0 Å². The van der Waals surface area contributed by atoms with Crippen LogP contribution in [-0.4, -0.2) is 31.9 Å². The van der Waals surface area contributed by atoms with Crippen molar-refractivity contribution in [3.05, 3.63) is 59.7 Å². The van der Waals surface area contributed by atoms with E-state index in [2.05, 4.69) is 0 Å². The predicted molar refractivity (Wildman–Crippen MR) is 88.5 cm³/mol. The lowest BCUT2D eigenvalue weighted by Crippen LogP contribution is -2.28. The third kappa shape index (κ3) is 3.92. The standard InChI is InChI=1S/C17H20BNO4/c19-11-17-15-7-6-14(10-16(15)18(20)23-17)22-9-8-21-12-13-4-2-1-3-5-13/h1-7,10,17,20H,8-9,11-12,19H2. The number of rotatable bonds is 7. The number of benzene rings is 2. The van der Waals surface area contributed by atoms with Crippen LogP contribution in [0.2, 0.25) is 0 Å². The molecule has 120 valence electrons. The molecule has 5 nitrogen and oxygen atoms in total. The maximum Gasteiger partial charge on any atom is 0.492 e. The third-order valence-corrected chi connectivity index (χ3v) is 3.79. The fourth-order valence-corrected chi connectivity index (χ4v) is 2.62. The van der Waals surface area contributed by atoms with Gasteiger partial charge in [0.15, 0.2) is 0 Å². The second-order valence-corrected chi connectivity index (χ2v) is 5.39. The van der Waals surface area contributed by atoms with Gasteiger partial charge in [0, 0.05) is 6.54 Å². The van der Waals surface area contributed by atoms with Gasteiger partial charge >= 0.3 is 7.12 Å². The molecule has 0 spiro atoms. The molecule has 0 fully saturated rings. The van der Waals surface area contributed by atoms with E-state index >= 15 is 0 Å². The molecule has 6 heteroatoms. The molecular weight excluding hydrogens is 293 g/mol. The lowest BCUT2D eigenvalue weighted by molar-refractivity contribution is 0.0889. The van der Waals surface area contributed by atoms with Crippen LogP contribution in [0.1, 0.15) is 17.2 Å². The summed E-state index contributed by atoms with van der Waals surface area (Å²) < 4.78 is 16.6. The Morgan fingerprint density at radius 2 is 1.96 bits per heavy atom. The lowest BCUT2D eigenvalue weighted by atomic mass is 9.79. The maximum atomic E-state index is 9.88. The van der Waals surface area contributed by atoms with Crippen LogP contribution in [0.15, 0.2) is 48.5 Å². The van der Waals surface area contributed by atoms with E-state index in [0.717, 1.165) is 16.6 Å². The first-order valence-corrected chi connectivity index (χ1v) is 7.70. The molecule has 1 heterocycles. The van der Waals surface area contributed by atoms with Gasteiger partial charge in [0.05, 0.1) is 19.3 Å². The van der Waals surface area contributed by atoms with Gasteiger partial charge in [-0.25, -0.2) is 0 Å². The van der Waals surface area contributed by atoms with Gasteiger partial charge in [-0.3, -0.25) is 0 Å². The number of ether oxygens (including phenoxy) is 2. The van der Waals surface area contributed by atoms with Crippen LogP contribution in [0.5, 0.6) is 5.75 Å². The summed E-state index contributed by atoms with van der Waals surface area (Å²) in [5, 5.41) is 9.88. The Hall–Kier alpha value is -1.86. The van der Waals surface area contributed by atoms with Crippen LogP contribution < -0.4 is 15.9 Å². The summed E-state index contributed by atoms with van der Waals surface area (Å²) in [6, 6.07) is 15.6. The zero-order chi connectivity index (χ0) is 16.1. The van der Waals surface area contributed by atoms with Crippen LogP contribution in [0.25, 0.3) is 0 Å². The molecule has 2 aromatic carbocycles. The van der Waals surface area contributed by atoms with Crippen molar-refractivity contribution in [2.45, 2.75) is 12.7 Å². The number of hydrogen-bond donors (Lipinski definition) is 2. The van der Waals surface area contributed by atoms with Gasteiger partial charge in [0.2, 0.25) is 0 Å². The van der Waals surface area contributed by atoms with E-state index in [9.17, 15) is 5.02 Å². The van der Waals surface area contributed by atoms with Crippen LogP contribution in [-0.2, 0) is 16.0 Å². The Kier molecular flexibility index (Phi) is 5.30. The molecule has 2 aromatic rings. The molecule has 0 saturated heterocycles. The second kappa shape index (κ2) is 7.61. The van der Waals surface area contributed by atoms with Gasteiger partial charge in [-0.15, -0.1) is 0 Å². The summed E-state index contributed by atoms with van der Waals surface area (Å²) in [6.07, 6.45) is -0.247. The first-order chi connectivity index (χ1) is 11.3. The Morgan fingerprint density at radius 3 is 2.74 bits per heavy atom. The van der Waals surface area contributed by atoms with Gasteiger partial charge in [0.25, 0.3) is 0 Å². The van der Waals surface area contributed by atoms with E-state index in [4.69, 9.17) is 19.9 Å². The second-order valence-electron chi connectivity index (χ2n) is 5.39. The minimum atomic E-state index is -0.934.